The molecule has 0 saturated carbocycles. The van der Waals surface area contributed by atoms with Gasteiger partial charge < -0.3 is 9.80 Å². The van der Waals surface area contributed by atoms with E-state index < -0.39 is 0 Å². The number of amides is 1. The predicted molar refractivity (Wildman–Crippen MR) is 98.0 cm³/mol. The third-order valence-electron chi connectivity index (χ3n) is 4.66. The van der Waals surface area contributed by atoms with Gasteiger partial charge in [0.25, 0.3) is 0 Å². The van der Waals surface area contributed by atoms with Gasteiger partial charge in [-0.05, 0) is 25.9 Å². The van der Waals surface area contributed by atoms with E-state index in [0.29, 0.717) is 18.8 Å². The first-order valence-electron chi connectivity index (χ1n) is 8.86. The van der Waals surface area contributed by atoms with Gasteiger partial charge in [-0.25, -0.2) is 9.97 Å². The monoisotopic (exact) mass is 348 g/mol. The van der Waals surface area contributed by atoms with Gasteiger partial charge in [0.1, 0.15) is 5.82 Å². The van der Waals surface area contributed by atoms with Crippen LogP contribution in [0.4, 0.5) is 0 Å². The third kappa shape index (κ3) is 4.28. The van der Waals surface area contributed by atoms with E-state index in [-0.39, 0.29) is 11.3 Å². The number of nitrogens with zero attached hydrogens (tertiary/aromatic N) is 4. The fourth-order valence-corrected chi connectivity index (χ4v) is 4.03. The van der Waals surface area contributed by atoms with E-state index in [1.807, 2.05) is 11.1 Å². The lowest BCUT2D eigenvalue weighted by atomic mass is 9.95. The van der Waals surface area contributed by atoms with Crippen molar-refractivity contribution in [1.82, 2.24) is 19.8 Å². The van der Waals surface area contributed by atoms with Gasteiger partial charge >= 0.3 is 0 Å². The van der Waals surface area contributed by atoms with Gasteiger partial charge in [0.15, 0.2) is 0 Å². The van der Waals surface area contributed by atoms with E-state index in [9.17, 15) is 4.79 Å². The van der Waals surface area contributed by atoms with Gasteiger partial charge in [-0.2, -0.15) is 11.8 Å². The number of aromatic nitrogens is 2. The Labute approximate surface area is 149 Å². The summed E-state index contributed by atoms with van der Waals surface area (Å²) in [5.74, 6) is 2.69. The van der Waals surface area contributed by atoms with Crippen LogP contribution >= 0.6 is 11.8 Å². The van der Waals surface area contributed by atoms with Gasteiger partial charge in [-0.15, -0.1) is 0 Å². The lowest BCUT2D eigenvalue weighted by molar-refractivity contribution is -0.128. The Bertz CT molecular complexity index is 593. The molecule has 6 heteroatoms. The van der Waals surface area contributed by atoms with Crippen molar-refractivity contribution in [3.63, 3.8) is 0 Å². The molecule has 132 valence electrons. The molecule has 2 aliphatic heterocycles. The molecule has 0 bridgehead atoms. The molecule has 0 unspecified atom stereocenters. The second-order valence-corrected chi connectivity index (χ2v) is 8.87. The highest BCUT2D eigenvalue weighted by molar-refractivity contribution is 7.99. The van der Waals surface area contributed by atoms with Crippen LogP contribution in [0.25, 0.3) is 0 Å². The number of likely N-dealkylation sites (tertiary alicyclic amines) is 1. The van der Waals surface area contributed by atoms with Crippen molar-refractivity contribution in [3.8, 4) is 0 Å². The van der Waals surface area contributed by atoms with E-state index >= 15 is 0 Å². The van der Waals surface area contributed by atoms with E-state index in [4.69, 9.17) is 0 Å². The quantitative estimate of drug-likeness (QED) is 0.765. The van der Waals surface area contributed by atoms with E-state index in [1.165, 1.54) is 25.9 Å². The molecule has 1 aromatic heterocycles. The average molecular weight is 349 g/mol. The highest BCUT2D eigenvalue weighted by atomic mass is 32.2. The van der Waals surface area contributed by atoms with E-state index in [2.05, 4.69) is 35.6 Å². The number of carbonyl (C=O) groups is 1. The number of hydrogen-bond acceptors (Lipinski definition) is 5. The lowest BCUT2D eigenvalue weighted by Crippen LogP contribution is -2.28. The highest BCUT2D eigenvalue weighted by Gasteiger charge is 2.27. The number of rotatable bonds is 5. The van der Waals surface area contributed by atoms with E-state index in [0.717, 1.165) is 29.4 Å². The molecule has 0 atom stereocenters. The summed E-state index contributed by atoms with van der Waals surface area (Å²) in [6, 6.07) is 0. The molecule has 1 fully saturated rings. The molecule has 1 amide bonds. The summed E-state index contributed by atoms with van der Waals surface area (Å²) in [5, 5.41) is 0. The molecular weight excluding hydrogens is 320 g/mol. The molecule has 0 spiro atoms. The van der Waals surface area contributed by atoms with Gasteiger partial charge in [0, 0.05) is 36.0 Å². The number of carbonyl (C=O) groups excluding carboxylic acids is 1. The number of fused-ring (bicyclic) bond motifs is 1. The van der Waals surface area contributed by atoms with Crippen LogP contribution in [0.15, 0.2) is 6.20 Å². The molecule has 1 saturated heterocycles. The van der Waals surface area contributed by atoms with Crippen molar-refractivity contribution < 1.29 is 4.79 Å². The van der Waals surface area contributed by atoms with Crippen molar-refractivity contribution in [3.05, 3.63) is 23.3 Å². The minimum absolute atomic E-state index is 0.0577. The number of hydrogen-bond donors (Lipinski definition) is 0. The van der Waals surface area contributed by atoms with Gasteiger partial charge in [0.05, 0.1) is 18.0 Å². The van der Waals surface area contributed by atoms with Crippen LogP contribution in [0.1, 0.15) is 50.7 Å². The molecule has 3 heterocycles. The molecule has 0 N–H and O–H groups in total. The zero-order valence-electron chi connectivity index (χ0n) is 15.0. The van der Waals surface area contributed by atoms with E-state index in [1.54, 1.807) is 11.8 Å². The highest BCUT2D eigenvalue weighted by Crippen LogP contribution is 2.25. The molecule has 5 nitrogen and oxygen atoms in total. The summed E-state index contributed by atoms with van der Waals surface area (Å²) in [6.07, 6.45) is 4.55. The number of thioether (sulfide) groups is 1. The van der Waals surface area contributed by atoms with Crippen LogP contribution in [-0.2, 0) is 23.3 Å². The zero-order valence-corrected chi connectivity index (χ0v) is 15.9. The molecule has 1 aromatic rings. The zero-order chi connectivity index (χ0) is 17.2. The first-order chi connectivity index (χ1) is 11.4. The summed E-state index contributed by atoms with van der Waals surface area (Å²) < 4.78 is 0. The van der Waals surface area contributed by atoms with Crippen molar-refractivity contribution in [2.45, 2.75) is 52.1 Å². The summed E-state index contributed by atoms with van der Waals surface area (Å²) in [7, 11) is 0. The minimum atomic E-state index is -0.0577. The SMILES string of the molecule is CC(C)(C)c1ncc2c(n1)CN(C(=O)CSCCN1CCCC1)C2. The van der Waals surface area contributed by atoms with Crippen molar-refractivity contribution in [2.24, 2.45) is 0 Å². The Kier molecular flexibility index (Phi) is 5.45. The molecule has 3 rings (SSSR count). The molecular formula is C18H28N4OS. The maximum atomic E-state index is 12.4. The maximum absolute atomic E-state index is 12.4. The topological polar surface area (TPSA) is 49.3 Å². The van der Waals surface area contributed by atoms with Crippen molar-refractivity contribution in [1.29, 1.82) is 0 Å². The molecule has 24 heavy (non-hydrogen) atoms. The van der Waals surface area contributed by atoms with Crippen LogP contribution in [0.2, 0.25) is 0 Å². The van der Waals surface area contributed by atoms with Gasteiger partial charge in [0.2, 0.25) is 5.91 Å². The smallest absolute Gasteiger partial charge is 0.233 e. The third-order valence-corrected chi connectivity index (χ3v) is 5.58. The summed E-state index contributed by atoms with van der Waals surface area (Å²) in [6.45, 7) is 11.2. The molecule has 2 aliphatic rings. The fraction of sp³-hybridized carbons (Fsp3) is 0.722. The van der Waals surface area contributed by atoms with Crippen molar-refractivity contribution >= 4 is 17.7 Å². The molecule has 0 aliphatic carbocycles. The minimum Gasteiger partial charge on any atom is -0.332 e. The van der Waals surface area contributed by atoms with Crippen LogP contribution < -0.4 is 0 Å². The Morgan fingerprint density at radius 3 is 2.71 bits per heavy atom. The second-order valence-electron chi connectivity index (χ2n) is 7.77. The fourth-order valence-electron chi connectivity index (χ4n) is 3.14. The Balaban J connectivity index is 1.46. The normalized spacial score (nSPS) is 18.2. The first kappa shape index (κ1) is 17.7. The molecule has 0 radical (unpaired) electrons. The summed E-state index contributed by atoms with van der Waals surface area (Å²) in [4.78, 5) is 26.0. The van der Waals surface area contributed by atoms with Crippen molar-refractivity contribution in [2.75, 3.05) is 31.1 Å². The van der Waals surface area contributed by atoms with Crippen LogP contribution in [0.5, 0.6) is 0 Å². The van der Waals surface area contributed by atoms with Crippen LogP contribution in [0, 0.1) is 0 Å². The standard InChI is InChI=1S/C18H28N4OS/c1-18(2,3)17-19-10-14-11-22(12-15(14)20-17)16(23)13-24-9-8-21-6-4-5-7-21/h10H,4-9,11-13H2,1-3H3. The van der Waals surface area contributed by atoms with Crippen LogP contribution in [0.3, 0.4) is 0 Å². The predicted octanol–water partition coefficient (Wildman–Crippen LogP) is 2.45. The lowest BCUT2D eigenvalue weighted by Gasteiger charge is -2.17. The summed E-state index contributed by atoms with van der Waals surface area (Å²) in [5.41, 5.74) is 2.06. The Morgan fingerprint density at radius 2 is 2.00 bits per heavy atom. The van der Waals surface area contributed by atoms with Crippen LogP contribution in [-0.4, -0.2) is 56.8 Å². The Hall–Kier alpha value is -1.14. The van der Waals surface area contributed by atoms with Gasteiger partial charge in [-0.3, -0.25) is 4.79 Å². The second kappa shape index (κ2) is 7.40. The first-order valence-corrected chi connectivity index (χ1v) is 10.0. The summed E-state index contributed by atoms with van der Waals surface area (Å²) >= 11 is 1.75. The molecule has 0 aromatic carbocycles. The Morgan fingerprint density at radius 1 is 1.25 bits per heavy atom. The largest absolute Gasteiger partial charge is 0.332 e. The van der Waals surface area contributed by atoms with Gasteiger partial charge in [-0.1, -0.05) is 20.8 Å². The average Bonchev–Trinajstić information content (AvgIpc) is 3.18. The maximum Gasteiger partial charge on any atom is 0.233 e.